The summed E-state index contributed by atoms with van der Waals surface area (Å²) in [4.78, 5) is 26.2. The average Bonchev–Trinajstić information content (AvgIpc) is 2.79. The smallest absolute Gasteiger partial charge is 0.407 e. The molecule has 8 nitrogen and oxygen atoms in total. The van der Waals surface area contributed by atoms with Crippen molar-refractivity contribution in [1.82, 2.24) is 14.9 Å². The van der Waals surface area contributed by atoms with Crippen molar-refractivity contribution in [2.45, 2.75) is 32.3 Å². The van der Waals surface area contributed by atoms with Crippen LogP contribution in [0, 0.1) is 6.92 Å². The fourth-order valence-electron chi connectivity index (χ4n) is 3.55. The first kappa shape index (κ1) is 20.6. The van der Waals surface area contributed by atoms with Crippen LogP contribution in [0.3, 0.4) is 0 Å². The van der Waals surface area contributed by atoms with E-state index in [1.165, 1.54) is 22.0 Å². The Balaban J connectivity index is 1.34. The monoisotopic (exact) mass is 420 g/mol. The van der Waals surface area contributed by atoms with Crippen molar-refractivity contribution in [3.63, 3.8) is 0 Å². The molecule has 1 N–H and O–H groups in total. The molecule has 0 unspecified atom stereocenters. The number of oxime groups is 1. The molecule has 0 aliphatic carbocycles. The van der Waals surface area contributed by atoms with Crippen LogP contribution >= 0.6 is 0 Å². The Hall–Kier alpha value is -3.68. The molecular formula is C23H24N4O4. The number of likely N-dealkylation sites (tertiary alicyclic amines) is 1. The van der Waals surface area contributed by atoms with Gasteiger partial charge in [0.2, 0.25) is 5.88 Å². The highest BCUT2D eigenvalue weighted by Crippen LogP contribution is 2.25. The molecule has 3 aromatic rings. The predicted molar refractivity (Wildman–Crippen MR) is 117 cm³/mol. The van der Waals surface area contributed by atoms with Crippen LogP contribution in [0.15, 0.2) is 53.9 Å². The van der Waals surface area contributed by atoms with E-state index in [1.807, 2.05) is 19.1 Å². The molecule has 0 atom stereocenters. The summed E-state index contributed by atoms with van der Waals surface area (Å²) < 4.78 is 5.97. The number of amides is 1. The summed E-state index contributed by atoms with van der Waals surface area (Å²) in [6.45, 7) is 2.72. The molecule has 4 rings (SSSR count). The van der Waals surface area contributed by atoms with Crippen molar-refractivity contribution in [1.29, 1.82) is 0 Å². The normalized spacial score (nSPS) is 14.8. The Morgan fingerprint density at radius 2 is 1.90 bits per heavy atom. The molecule has 1 aliphatic heterocycles. The van der Waals surface area contributed by atoms with Crippen LogP contribution in [-0.4, -0.2) is 51.5 Å². The summed E-state index contributed by atoms with van der Waals surface area (Å²) in [5.74, 6) is 0.770. The van der Waals surface area contributed by atoms with Gasteiger partial charge in [-0.2, -0.15) is 4.98 Å². The highest BCUT2D eigenvalue weighted by Gasteiger charge is 2.24. The summed E-state index contributed by atoms with van der Waals surface area (Å²) in [7, 11) is 0. The zero-order valence-corrected chi connectivity index (χ0v) is 17.3. The molecular weight excluding hydrogens is 396 g/mol. The van der Waals surface area contributed by atoms with Crippen molar-refractivity contribution in [3.05, 3.63) is 59.9 Å². The third kappa shape index (κ3) is 5.09. The summed E-state index contributed by atoms with van der Waals surface area (Å²) in [5.41, 5.74) is 1.80. The second-order valence-corrected chi connectivity index (χ2v) is 7.46. The Bertz CT molecular complexity index is 1090. The third-order valence-corrected chi connectivity index (χ3v) is 5.34. The molecule has 0 bridgehead atoms. The molecule has 2 aromatic carbocycles. The van der Waals surface area contributed by atoms with Gasteiger partial charge in [-0.1, -0.05) is 47.6 Å². The van der Waals surface area contributed by atoms with E-state index in [1.54, 1.807) is 6.21 Å². The maximum Gasteiger partial charge on any atom is 0.407 e. The van der Waals surface area contributed by atoms with Gasteiger partial charge < -0.3 is 19.6 Å². The molecule has 1 aliphatic rings. The number of rotatable bonds is 6. The number of hydrogen-bond donors (Lipinski definition) is 1. The van der Waals surface area contributed by atoms with Gasteiger partial charge in [-0.15, -0.1) is 0 Å². The molecule has 1 saturated heterocycles. The molecule has 1 amide bonds. The SMILES string of the molecule is Cc1c(ON=CCc2ccc3ccccc3c2)ncnc1OC1CCN(C(=O)O)CC1. The third-order valence-electron chi connectivity index (χ3n) is 5.34. The highest BCUT2D eigenvalue weighted by atomic mass is 16.6. The number of carboxylic acid groups (broad SMARTS) is 1. The zero-order valence-electron chi connectivity index (χ0n) is 17.3. The van der Waals surface area contributed by atoms with Crippen molar-refractivity contribution in [2.75, 3.05) is 13.1 Å². The summed E-state index contributed by atoms with van der Waals surface area (Å²) in [6, 6.07) is 14.5. The Kier molecular flexibility index (Phi) is 6.26. The topological polar surface area (TPSA) is 97.1 Å². The fourth-order valence-corrected chi connectivity index (χ4v) is 3.55. The quantitative estimate of drug-likeness (QED) is 0.477. The van der Waals surface area contributed by atoms with Crippen molar-refractivity contribution in [2.24, 2.45) is 5.16 Å². The number of fused-ring (bicyclic) bond motifs is 1. The van der Waals surface area contributed by atoms with Crippen LogP contribution in [-0.2, 0) is 6.42 Å². The van der Waals surface area contributed by atoms with E-state index in [2.05, 4.69) is 45.5 Å². The molecule has 1 aromatic heterocycles. The first-order valence-electron chi connectivity index (χ1n) is 10.2. The number of aromatic nitrogens is 2. The van der Waals surface area contributed by atoms with Crippen LogP contribution in [0.25, 0.3) is 10.8 Å². The molecule has 0 radical (unpaired) electrons. The van der Waals surface area contributed by atoms with E-state index < -0.39 is 6.09 Å². The Labute approximate surface area is 180 Å². The highest BCUT2D eigenvalue weighted by molar-refractivity contribution is 5.83. The molecule has 160 valence electrons. The number of carbonyl (C=O) groups is 1. The van der Waals surface area contributed by atoms with Crippen LogP contribution in [0.4, 0.5) is 4.79 Å². The molecule has 2 heterocycles. The zero-order chi connectivity index (χ0) is 21.6. The van der Waals surface area contributed by atoms with E-state index in [0.717, 1.165) is 5.56 Å². The number of ether oxygens (including phenoxy) is 1. The van der Waals surface area contributed by atoms with Crippen LogP contribution < -0.4 is 9.57 Å². The predicted octanol–water partition coefficient (Wildman–Crippen LogP) is 4.07. The van der Waals surface area contributed by atoms with Gasteiger partial charge in [0.25, 0.3) is 5.88 Å². The lowest BCUT2D eigenvalue weighted by atomic mass is 10.1. The van der Waals surface area contributed by atoms with Gasteiger partial charge in [0.05, 0.1) is 5.56 Å². The molecule has 1 fully saturated rings. The lowest BCUT2D eigenvalue weighted by molar-refractivity contribution is 0.0863. The number of nitrogens with zero attached hydrogens (tertiary/aromatic N) is 4. The largest absolute Gasteiger partial charge is 0.474 e. The number of benzene rings is 2. The maximum atomic E-state index is 11.0. The maximum absolute atomic E-state index is 11.0. The van der Waals surface area contributed by atoms with Crippen LogP contribution in [0.5, 0.6) is 11.8 Å². The van der Waals surface area contributed by atoms with E-state index >= 15 is 0 Å². The van der Waals surface area contributed by atoms with Gasteiger partial charge in [0.1, 0.15) is 12.4 Å². The van der Waals surface area contributed by atoms with Gasteiger partial charge in [0, 0.05) is 38.6 Å². The standard InChI is InChI=1S/C23H24N4O4/c1-16-21(30-20-9-12-27(13-10-20)23(28)29)24-15-25-22(16)31-26-11-8-17-6-7-18-4-2-3-5-19(18)14-17/h2-7,11,14-15,20H,8-10,12-13H2,1H3,(H,28,29). The van der Waals surface area contributed by atoms with Crippen molar-refractivity contribution >= 4 is 23.1 Å². The van der Waals surface area contributed by atoms with Crippen LogP contribution in [0.2, 0.25) is 0 Å². The second-order valence-electron chi connectivity index (χ2n) is 7.46. The lowest BCUT2D eigenvalue weighted by Crippen LogP contribution is -2.41. The van der Waals surface area contributed by atoms with Gasteiger partial charge in [-0.25, -0.2) is 9.78 Å². The van der Waals surface area contributed by atoms with Gasteiger partial charge in [0.15, 0.2) is 0 Å². The Morgan fingerprint density at radius 3 is 2.68 bits per heavy atom. The molecule has 0 spiro atoms. The number of piperidine rings is 1. The summed E-state index contributed by atoms with van der Waals surface area (Å²) >= 11 is 0. The summed E-state index contributed by atoms with van der Waals surface area (Å²) in [5, 5.41) is 15.5. The van der Waals surface area contributed by atoms with E-state index in [0.29, 0.717) is 49.7 Å². The van der Waals surface area contributed by atoms with Crippen LogP contribution in [0.1, 0.15) is 24.0 Å². The lowest BCUT2D eigenvalue weighted by Gasteiger charge is -2.30. The molecule has 31 heavy (non-hydrogen) atoms. The van der Waals surface area contributed by atoms with Gasteiger partial charge in [-0.3, -0.25) is 0 Å². The second kappa shape index (κ2) is 9.42. The summed E-state index contributed by atoms with van der Waals surface area (Å²) in [6.07, 6.45) is 3.98. The number of hydrogen-bond acceptors (Lipinski definition) is 6. The first-order valence-corrected chi connectivity index (χ1v) is 10.2. The van der Waals surface area contributed by atoms with Crippen molar-refractivity contribution < 1.29 is 19.5 Å². The van der Waals surface area contributed by atoms with E-state index in [9.17, 15) is 4.79 Å². The van der Waals surface area contributed by atoms with Gasteiger partial charge in [-0.05, 0) is 23.3 Å². The minimum Gasteiger partial charge on any atom is -0.474 e. The van der Waals surface area contributed by atoms with Gasteiger partial charge >= 0.3 is 6.09 Å². The fraction of sp³-hybridized carbons (Fsp3) is 0.304. The molecule has 0 saturated carbocycles. The van der Waals surface area contributed by atoms with E-state index in [-0.39, 0.29) is 6.10 Å². The minimum absolute atomic E-state index is 0.0894. The Morgan fingerprint density at radius 1 is 1.16 bits per heavy atom. The minimum atomic E-state index is -0.895. The van der Waals surface area contributed by atoms with E-state index in [4.69, 9.17) is 14.7 Å². The first-order chi connectivity index (χ1) is 15.1. The van der Waals surface area contributed by atoms with Crippen molar-refractivity contribution in [3.8, 4) is 11.8 Å². The molecule has 8 heteroatoms. The average molecular weight is 420 g/mol.